The number of carbonyl (C=O) groups is 1. The summed E-state index contributed by atoms with van der Waals surface area (Å²) in [6.45, 7) is 0. The van der Waals surface area contributed by atoms with E-state index in [-0.39, 0.29) is 17.6 Å². The normalized spacial score (nSPS) is 19.9. The Morgan fingerprint density at radius 3 is 2.63 bits per heavy atom. The minimum atomic E-state index is -0.427. The van der Waals surface area contributed by atoms with Crippen LogP contribution in [0.4, 0.5) is 5.69 Å². The van der Waals surface area contributed by atoms with Crippen LogP contribution in [0.2, 0.25) is 0 Å². The first-order chi connectivity index (χ1) is 14.5. The van der Waals surface area contributed by atoms with E-state index in [2.05, 4.69) is 0 Å². The summed E-state index contributed by atoms with van der Waals surface area (Å²) in [4.78, 5) is 26.1. The van der Waals surface area contributed by atoms with Crippen molar-refractivity contribution in [3.8, 4) is 11.1 Å². The van der Waals surface area contributed by atoms with Crippen molar-refractivity contribution in [2.75, 3.05) is 0 Å². The molecular formula is C22H22N2O4S2. The van der Waals surface area contributed by atoms with Crippen LogP contribution in [0.5, 0.6) is 0 Å². The van der Waals surface area contributed by atoms with Gasteiger partial charge in [0, 0.05) is 29.8 Å². The summed E-state index contributed by atoms with van der Waals surface area (Å²) in [7, 11) is 0. The highest BCUT2D eigenvalue weighted by Gasteiger charge is 2.37. The van der Waals surface area contributed by atoms with Gasteiger partial charge < -0.3 is 4.42 Å². The van der Waals surface area contributed by atoms with Gasteiger partial charge in [-0.2, -0.15) is 0 Å². The van der Waals surface area contributed by atoms with E-state index in [0.717, 1.165) is 25.7 Å². The highest BCUT2D eigenvalue weighted by molar-refractivity contribution is 8.26. The Hall–Kier alpha value is -2.45. The second kappa shape index (κ2) is 9.14. The number of non-ortho nitro benzene ring substituents is 1. The van der Waals surface area contributed by atoms with Crippen LogP contribution in [0, 0.1) is 10.1 Å². The molecule has 156 valence electrons. The molecule has 2 aromatic rings. The fourth-order valence-corrected chi connectivity index (χ4v) is 5.44. The molecule has 0 bridgehead atoms. The number of benzene rings is 1. The predicted molar refractivity (Wildman–Crippen MR) is 122 cm³/mol. The number of rotatable bonds is 4. The average Bonchev–Trinajstić information content (AvgIpc) is 3.27. The third kappa shape index (κ3) is 4.34. The van der Waals surface area contributed by atoms with Crippen molar-refractivity contribution in [3.05, 3.63) is 57.4 Å². The number of nitro groups is 1. The van der Waals surface area contributed by atoms with Gasteiger partial charge in [0.05, 0.1) is 16.1 Å². The number of nitrogens with zero attached hydrogens (tertiary/aromatic N) is 2. The van der Waals surface area contributed by atoms with Crippen molar-refractivity contribution in [2.24, 2.45) is 0 Å². The van der Waals surface area contributed by atoms with E-state index in [1.165, 1.54) is 49.4 Å². The first-order valence-electron chi connectivity index (χ1n) is 10.1. The van der Waals surface area contributed by atoms with E-state index < -0.39 is 4.92 Å². The molecule has 2 heterocycles. The largest absolute Gasteiger partial charge is 0.464 e. The highest BCUT2D eigenvalue weighted by atomic mass is 32.2. The summed E-state index contributed by atoms with van der Waals surface area (Å²) < 4.78 is 6.21. The molecule has 1 saturated carbocycles. The van der Waals surface area contributed by atoms with E-state index in [4.69, 9.17) is 16.6 Å². The quantitative estimate of drug-likeness (QED) is 0.244. The number of thioether (sulfide) groups is 1. The fraction of sp³-hybridized carbons (Fsp3) is 0.364. The van der Waals surface area contributed by atoms with E-state index in [0.29, 0.717) is 26.1 Å². The number of hydrogen-bond acceptors (Lipinski definition) is 6. The van der Waals surface area contributed by atoms with Crippen molar-refractivity contribution in [3.63, 3.8) is 0 Å². The number of thiocarbonyl (C=S) groups is 1. The number of furan rings is 1. The molecule has 0 spiro atoms. The Morgan fingerprint density at radius 2 is 1.90 bits per heavy atom. The van der Waals surface area contributed by atoms with Crippen LogP contribution in [0.15, 0.2) is 45.9 Å². The van der Waals surface area contributed by atoms with E-state index in [1.54, 1.807) is 29.2 Å². The van der Waals surface area contributed by atoms with Crippen molar-refractivity contribution in [2.45, 2.75) is 51.0 Å². The van der Waals surface area contributed by atoms with Gasteiger partial charge in [0.25, 0.3) is 11.6 Å². The molecule has 0 atom stereocenters. The third-order valence-corrected chi connectivity index (χ3v) is 6.92. The molecule has 1 saturated heterocycles. The zero-order valence-electron chi connectivity index (χ0n) is 16.4. The Morgan fingerprint density at radius 1 is 1.17 bits per heavy atom. The average molecular weight is 443 g/mol. The SMILES string of the molecule is O=C1/C(=C/c2occc2-c2cccc([N+](=O)[O-])c2)SC(=S)N1C1CCCCCCC1. The van der Waals surface area contributed by atoms with Crippen molar-refractivity contribution >= 4 is 46.0 Å². The maximum absolute atomic E-state index is 13.1. The van der Waals surface area contributed by atoms with Crippen LogP contribution < -0.4 is 0 Å². The van der Waals surface area contributed by atoms with Crippen LogP contribution in [-0.2, 0) is 4.79 Å². The van der Waals surface area contributed by atoms with Crippen LogP contribution in [0.3, 0.4) is 0 Å². The number of amides is 1. The monoisotopic (exact) mass is 442 g/mol. The summed E-state index contributed by atoms with van der Waals surface area (Å²) in [5, 5.41) is 11.1. The first kappa shape index (κ1) is 20.8. The summed E-state index contributed by atoms with van der Waals surface area (Å²) in [6, 6.07) is 8.29. The van der Waals surface area contributed by atoms with Crippen molar-refractivity contribution < 1.29 is 14.1 Å². The summed E-state index contributed by atoms with van der Waals surface area (Å²) in [6.07, 6.45) is 11.1. The number of hydrogen-bond donors (Lipinski definition) is 0. The van der Waals surface area contributed by atoms with Gasteiger partial charge in [-0.05, 0) is 24.5 Å². The molecule has 2 fully saturated rings. The van der Waals surface area contributed by atoms with Gasteiger partial charge in [-0.15, -0.1) is 0 Å². The molecule has 1 aromatic carbocycles. The maximum Gasteiger partial charge on any atom is 0.270 e. The Bertz CT molecular complexity index is 1010. The first-order valence-corrected chi connectivity index (χ1v) is 11.4. The van der Waals surface area contributed by atoms with Crippen LogP contribution in [0.1, 0.15) is 50.7 Å². The van der Waals surface area contributed by atoms with Crippen LogP contribution >= 0.6 is 24.0 Å². The molecule has 6 nitrogen and oxygen atoms in total. The molecule has 4 rings (SSSR count). The van der Waals surface area contributed by atoms with Crippen molar-refractivity contribution in [1.82, 2.24) is 4.90 Å². The molecule has 30 heavy (non-hydrogen) atoms. The molecule has 0 unspecified atom stereocenters. The zero-order chi connectivity index (χ0) is 21.1. The molecule has 0 radical (unpaired) electrons. The topological polar surface area (TPSA) is 76.6 Å². The van der Waals surface area contributed by atoms with Gasteiger partial charge in [0.2, 0.25) is 0 Å². The smallest absolute Gasteiger partial charge is 0.270 e. The Labute approximate surface area is 184 Å². The molecule has 1 amide bonds. The van der Waals surface area contributed by atoms with Crippen LogP contribution in [0.25, 0.3) is 17.2 Å². The zero-order valence-corrected chi connectivity index (χ0v) is 18.0. The van der Waals surface area contributed by atoms with Gasteiger partial charge in [-0.3, -0.25) is 19.8 Å². The third-order valence-electron chi connectivity index (χ3n) is 5.59. The fourth-order valence-electron chi connectivity index (χ4n) is 4.06. The minimum absolute atomic E-state index is 0.00950. The number of nitro benzene ring substituents is 1. The Balaban J connectivity index is 1.60. The lowest BCUT2D eigenvalue weighted by Crippen LogP contribution is -2.39. The van der Waals surface area contributed by atoms with E-state index in [9.17, 15) is 14.9 Å². The molecule has 0 N–H and O–H groups in total. The van der Waals surface area contributed by atoms with Gasteiger partial charge in [0.1, 0.15) is 10.1 Å². The molecular weight excluding hydrogens is 420 g/mol. The molecule has 2 aliphatic rings. The van der Waals surface area contributed by atoms with Crippen molar-refractivity contribution in [1.29, 1.82) is 0 Å². The summed E-state index contributed by atoms with van der Waals surface area (Å²) in [5.41, 5.74) is 1.38. The molecule has 1 aliphatic heterocycles. The van der Waals surface area contributed by atoms with Gasteiger partial charge in [-0.25, -0.2) is 0 Å². The summed E-state index contributed by atoms with van der Waals surface area (Å²) in [5.74, 6) is 0.422. The molecule has 1 aromatic heterocycles. The molecule has 8 heteroatoms. The van der Waals surface area contributed by atoms with E-state index in [1.807, 2.05) is 0 Å². The second-order valence-electron chi connectivity index (χ2n) is 7.56. The Kier molecular flexibility index (Phi) is 6.34. The summed E-state index contributed by atoms with van der Waals surface area (Å²) >= 11 is 6.84. The lowest BCUT2D eigenvalue weighted by molar-refractivity contribution is -0.384. The standard InChI is InChI=1S/C22H22N2O4S2/c25-21-20(30-22(29)23(21)16-8-4-2-1-3-5-9-16)14-19-18(11-12-28-19)15-7-6-10-17(13-15)24(26)27/h6-7,10-14,16H,1-5,8-9H2/b20-14-. The molecule has 1 aliphatic carbocycles. The lowest BCUT2D eigenvalue weighted by Gasteiger charge is -2.28. The number of carbonyl (C=O) groups excluding carboxylic acids is 1. The second-order valence-corrected chi connectivity index (χ2v) is 9.23. The minimum Gasteiger partial charge on any atom is -0.464 e. The van der Waals surface area contributed by atoms with E-state index >= 15 is 0 Å². The lowest BCUT2D eigenvalue weighted by atomic mass is 9.96. The van der Waals surface area contributed by atoms with Gasteiger partial charge in [-0.1, -0.05) is 68.2 Å². The maximum atomic E-state index is 13.1. The van der Waals surface area contributed by atoms with Gasteiger partial charge >= 0.3 is 0 Å². The van der Waals surface area contributed by atoms with Crippen LogP contribution in [-0.4, -0.2) is 26.1 Å². The predicted octanol–water partition coefficient (Wildman–Crippen LogP) is 6.17. The highest BCUT2D eigenvalue weighted by Crippen LogP contribution is 2.38. The van der Waals surface area contributed by atoms with Gasteiger partial charge in [0.15, 0.2) is 0 Å².